The van der Waals surface area contributed by atoms with Crippen LogP contribution in [0.4, 0.5) is 0 Å². The summed E-state index contributed by atoms with van der Waals surface area (Å²) in [6, 6.07) is 8.03. The number of nitrogens with zero attached hydrogens (tertiary/aromatic N) is 2. The van der Waals surface area contributed by atoms with Gasteiger partial charge in [0.05, 0.1) is 5.52 Å². The van der Waals surface area contributed by atoms with Gasteiger partial charge in [-0.2, -0.15) is 0 Å². The quantitative estimate of drug-likeness (QED) is 0.760. The molecule has 2 amide bonds. The summed E-state index contributed by atoms with van der Waals surface area (Å²) in [6.45, 7) is 4.19. The number of nitrogens with one attached hydrogen (secondary N) is 2. The topological polar surface area (TPSA) is 83.6 Å². The SMILES string of the molecule is COCC(=O)N[C@@H]1CN2CCCC[C@@]2(C(=O)NCc2c(C)ccc3ncccc23)C1. The van der Waals surface area contributed by atoms with Crippen LogP contribution in [0.3, 0.4) is 0 Å². The van der Waals surface area contributed by atoms with Crippen LogP contribution in [0.25, 0.3) is 10.9 Å². The zero-order chi connectivity index (χ0) is 21.1. The first-order valence-electron chi connectivity index (χ1n) is 10.7. The lowest BCUT2D eigenvalue weighted by atomic mass is 9.84. The molecule has 160 valence electrons. The number of ether oxygens (including phenoxy) is 1. The Labute approximate surface area is 177 Å². The number of rotatable bonds is 6. The highest BCUT2D eigenvalue weighted by Crippen LogP contribution is 2.38. The van der Waals surface area contributed by atoms with Crippen molar-refractivity contribution in [3.8, 4) is 0 Å². The van der Waals surface area contributed by atoms with E-state index in [1.165, 1.54) is 7.11 Å². The highest BCUT2D eigenvalue weighted by molar-refractivity contribution is 5.88. The molecule has 4 rings (SSSR count). The molecule has 7 heteroatoms. The smallest absolute Gasteiger partial charge is 0.246 e. The molecule has 1 aromatic carbocycles. The van der Waals surface area contributed by atoms with Gasteiger partial charge in [0, 0.05) is 37.8 Å². The second-order valence-electron chi connectivity index (χ2n) is 8.45. The number of hydrogen-bond donors (Lipinski definition) is 2. The summed E-state index contributed by atoms with van der Waals surface area (Å²) >= 11 is 0. The van der Waals surface area contributed by atoms with E-state index in [-0.39, 0.29) is 24.5 Å². The standard InChI is InChI=1S/C23H30N4O3/c1-16-7-8-20-18(6-5-10-24-20)19(16)13-25-22(29)23-9-3-4-11-27(23)14-17(12-23)26-21(28)15-30-2/h5-8,10,17H,3-4,9,11-15H2,1-2H3,(H,25,29)(H,26,28)/t17-,23-/m0/s1. The van der Waals surface area contributed by atoms with E-state index in [1.54, 1.807) is 6.20 Å². The van der Waals surface area contributed by atoms with Crippen LogP contribution >= 0.6 is 0 Å². The van der Waals surface area contributed by atoms with Gasteiger partial charge in [0.15, 0.2) is 0 Å². The Morgan fingerprint density at radius 1 is 1.30 bits per heavy atom. The summed E-state index contributed by atoms with van der Waals surface area (Å²) in [5.74, 6) is -0.0669. The van der Waals surface area contributed by atoms with Crippen molar-refractivity contribution in [2.24, 2.45) is 0 Å². The van der Waals surface area contributed by atoms with Gasteiger partial charge in [0.2, 0.25) is 11.8 Å². The number of hydrogen-bond acceptors (Lipinski definition) is 5. The van der Waals surface area contributed by atoms with Crippen LogP contribution in [0, 0.1) is 6.92 Å². The summed E-state index contributed by atoms with van der Waals surface area (Å²) in [6.07, 6.45) is 5.37. The molecule has 2 aliphatic rings. The molecule has 2 atom stereocenters. The van der Waals surface area contributed by atoms with Crippen LogP contribution in [0.2, 0.25) is 0 Å². The summed E-state index contributed by atoms with van der Waals surface area (Å²) in [5, 5.41) is 7.32. The molecule has 0 radical (unpaired) electrons. The Bertz CT molecular complexity index is 947. The summed E-state index contributed by atoms with van der Waals surface area (Å²) in [4.78, 5) is 32.2. The Morgan fingerprint density at radius 2 is 2.17 bits per heavy atom. The van der Waals surface area contributed by atoms with Gasteiger partial charge in [-0.15, -0.1) is 0 Å². The van der Waals surface area contributed by atoms with E-state index in [1.807, 2.05) is 12.1 Å². The molecule has 2 aromatic rings. The maximum Gasteiger partial charge on any atom is 0.246 e. The van der Waals surface area contributed by atoms with Gasteiger partial charge in [-0.05, 0) is 62.4 Å². The number of pyridine rings is 1. The number of benzene rings is 1. The Balaban J connectivity index is 1.50. The lowest BCUT2D eigenvalue weighted by molar-refractivity contribution is -0.134. The van der Waals surface area contributed by atoms with Crippen molar-refractivity contribution in [2.45, 2.75) is 50.7 Å². The summed E-state index contributed by atoms with van der Waals surface area (Å²) in [5.41, 5.74) is 2.65. The Morgan fingerprint density at radius 3 is 3.00 bits per heavy atom. The minimum atomic E-state index is -0.542. The number of aryl methyl sites for hydroxylation is 1. The summed E-state index contributed by atoms with van der Waals surface area (Å²) in [7, 11) is 1.51. The van der Waals surface area contributed by atoms with E-state index >= 15 is 0 Å². The maximum absolute atomic E-state index is 13.5. The van der Waals surface area contributed by atoms with E-state index in [0.29, 0.717) is 19.5 Å². The van der Waals surface area contributed by atoms with Gasteiger partial charge in [0.25, 0.3) is 0 Å². The normalized spacial score (nSPS) is 23.9. The van der Waals surface area contributed by atoms with Crippen molar-refractivity contribution < 1.29 is 14.3 Å². The number of carbonyl (C=O) groups excluding carboxylic acids is 2. The summed E-state index contributed by atoms with van der Waals surface area (Å²) < 4.78 is 4.93. The minimum Gasteiger partial charge on any atom is -0.375 e. The monoisotopic (exact) mass is 410 g/mol. The first kappa shape index (κ1) is 20.8. The Hall–Kier alpha value is -2.51. The zero-order valence-corrected chi connectivity index (χ0v) is 17.7. The van der Waals surface area contributed by atoms with Crippen molar-refractivity contribution in [1.82, 2.24) is 20.5 Å². The zero-order valence-electron chi connectivity index (χ0n) is 17.7. The van der Waals surface area contributed by atoms with Crippen LogP contribution in [-0.4, -0.2) is 60.1 Å². The number of amides is 2. The minimum absolute atomic E-state index is 0.0278. The maximum atomic E-state index is 13.5. The third-order valence-electron chi connectivity index (χ3n) is 6.52. The molecule has 0 bridgehead atoms. The molecular formula is C23H30N4O3. The molecule has 0 spiro atoms. The van der Waals surface area contributed by atoms with Gasteiger partial charge in [-0.25, -0.2) is 0 Å². The number of piperidine rings is 1. The molecule has 0 unspecified atom stereocenters. The van der Waals surface area contributed by atoms with Gasteiger partial charge in [-0.3, -0.25) is 19.5 Å². The molecule has 2 aliphatic heterocycles. The van der Waals surface area contributed by atoms with Gasteiger partial charge in [-0.1, -0.05) is 12.1 Å². The average molecular weight is 411 g/mol. The predicted molar refractivity (Wildman–Crippen MR) is 115 cm³/mol. The second kappa shape index (κ2) is 8.70. The number of fused-ring (bicyclic) bond motifs is 2. The fourth-order valence-corrected chi connectivity index (χ4v) is 5.06. The molecule has 1 aromatic heterocycles. The molecule has 0 aliphatic carbocycles. The third-order valence-corrected chi connectivity index (χ3v) is 6.52. The van der Waals surface area contributed by atoms with Crippen molar-refractivity contribution in [2.75, 3.05) is 26.8 Å². The molecule has 7 nitrogen and oxygen atoms in total. The Kier molecular flexibility index (Phi) is 6.01. The number of methoxy groups -OCH3 is 1. The first-order valence-corrected chi connectivity index (χ1v) is 10.7. The molecule has 2 fully saturated rings. The van der Waals surface area contributed by atoms with Gasteiger partial charge >= 0.3 is 0 Å². The van der Waals surface area contributed by atoms with Crippen LogP contribution in [0.15, 0.2) is 30.5 Å². The first-order chi connectivity index (χ1) is 14.5. The van der Waals surface area contributed by atoms with Crippen LogP contribution < -0.4 is 10.6 Å². The van der Waals surface area contributed by atoms with E-state index in [0.717, 1.165) is 47.8 Å². The highest BCUT2D eigenvalue weighted by atomic mass is 16.5. The lowest BCUT2D eigenvalue weighted by Crippen LogP contribution is -2.57. The predicted octanol–water partition coefficient (Wildman–Crippen LogP) is 1.92. The molecule has 30 heavy (non-hydrogen) atoms. The van der Waals surface area contributed by atoms with E-state index in [9.17, 15) is 9.59 Å². The third kappa shape index (κ3) is 3.91. The van der Waals surface area contributed by atoms with Gasteiger partial charge in [0.1, 0.15) is 12.1 Å². The van der Waals surface area contributed by atoms with E-state index < -0.39 is 5.54 Å². The number of aromatic nitrogens is 1. The number of carbonyl (C=O) groups is 2. The average Bonchev–Trinajstić information content (AvgIpc) is 3.12. The van der Waals surface area contributed by atoms with E-state index in [2.05, 4.69) is 39.6 Å². The van der Waals surface area contributed by atoms with Crippen molar-refractivity contribution in [3.63, 3.8) is 0 Å². The highest BCUT2D eigenvalue weighted by Gasteiger charge is 2.52. The molecule has 2 saturated heterocycles. The lowest BCUT2D eigenvalue weighted by Gasteiger charge is -2.40. The van der Waals surface area contributed by atoms with Crippen molar-refractivity contribution >= 4 is 22.7 Å². The molecular weight excluding hydrogens is 380 g/mol. The van der Waals surface area contributed by atoms with Gasteiger partial charge < -0.3 is 15.4 Å². The molecule has 0 saturated carbocycles. The van der Waals surface area contributed by atoms with Crippen LogP contribution in [0.1, 0.15) is 36.8 Å². The van der Waals surface area contributed by atoms with Crippen molar-refractivity contribution in [1.29, 1.82) is 0 Å². The molecule has 2 N–H and O–H groups in total. The fourth-order valence-electron chi connectivity index (χ4n) is 5.06. The van der Waals surface area contributed by atoms with Crippen molar-refractivity contribution in [3.05, 3.63) is 41.6 Å². The second-order valence-corrected chi connectivity index (χ2v) is 8.45. The molecule has 3 heterocycles. The largest absolute Gasteiger partial charge is 0.375 e. The van der Waals surface area contributed by atoms with E-state index in [4.69, 9.17) is 4.74 Å². The van der Waals surface area contributed by atoms with Crippen LogP contribution in [0.5, 0.6) is 0 Å². The fraction of sp³-hybridized carbons (Fsp3) is 0.522. The van der Waals surface area contributed by atoms with Crippen LogP contribution in [-0.2, 0) is 20.9 Å².